The second-order valence-electron chi connectivity index (χ2n) is 5.19. The highest BCUT2D eigenvalue weighted by Crippen LogP contribution is 2.30. The van der Waals surface area contributed by atoms with Crippen LogP contribution in [0.15, 0.2) is 24.3 Å². The Morgan fingerprint density at radius 2 is 1.89 bits per heavy atom. The molecule has 1 aromatic heterocycles. The molecule has 1 aliphatic carbocycles. The van der Waals surface area contributed by atoms with Crippen molar-refractivity contribution in [3.05, 3.63) is 30.0 Å². The quantitative estimate of drug-likeness (QED) is 0.911. The van der Waals surface area contributed by atoms with Gasteiger partial charge in [-0.2, -0.15) is 0 Å². The SMILES string of the molecule is Cc1nc2ccccc2nc1N(CCN)C1CCC1. The Morgan fingerprint density at radius 3 is 2.47 bits per heavy atom. The monoisotopic (exact) mass is 256 g/mol. The number of hydrogen-bond acceptors (Lipinski definition) is 4. The van der Waals surface area contributed by atoms with E-state index >= 15 is 0 Å². The summed E-state index contributed by atoms with van der Waals surface area (Å²) < 4.78 is 0. The van der Waals surface area contributed by atoms with Crippen LogP contribution in [-0.4, -0.2) is 29.1 Å². The van der Waals surface area contributed by atoms with Gasteiger partial charge in [0.15, 0.2) is 5.82 Å². The minimum atomic E-state index is 0.595. The van der Waals surface area contributed by atoms with Crippen molar-refractivity contribution < 1.29 is 0 Å². The Balaban J connectivity index is 2.03. The van der Waals surface area contributed by atoms with E-state index in [1.807, 2.05) is 31.2 Å². The molecule has 1 fully saturated rings. The van der Waals surface area contributed by atoms with E-state index in [1.165, 1.54) is 19.3 Å². The number of hydrogen-bond donors (Lipinski definition) is 1. The minimum absolute atomic E-state index is 0.595. The van der Waals surface area contributed by atoms with Crippen LogP contribution in [0, 0.1) is 6.92 Å². The van der Waals surface area contributed by atoms with E-state index in [9.17, 15) is 0 Å². The van der Waals surface area contributed by atoms with Crippen LogP contribution >= 0.6 is 0 Å². The fourth-order valence-corrected chi connectivity index (χ4v) is 2.65. The van der Waals surface area contributed by atoms with Gasteiger partial charge in [0.1, 0.15) is 0 Å². The molecular weight excluding hydrogens is 236 g/mol. The van der Waals surface area contributed by atoms with Gasteiger partial charge in [-0.05, 0) is 38.3 Å². The zero-order valence-electron chi connectivity index (χ0n) is 11.3. The van der Waals surface area contributed by atoms with Gasteiger partial charge in [0.2, 0.25) is 0 Å². The molecule has 0 bridgehead atoms. The summed E-state index contributed by atoms with van der Waals surface area (Å²) >= 11 is 0. The Morgan fingerprint density at radius 1 is 1.21 bits per heavy atom. The van der Waals surface area contributed by atoms with Gasteiger partial charge in [0.05, 0.1) is 16.7 Å². The summed E-state index contributed by atoms with van der Waals surface area (Å²) in [6.07, 6.45) is 3.80. The molecule has 2 aromatic rings. The second-order valence-corrected chi connectivity index (χ2v) is 5.19. The molecule has 1 saturated carbocycles. The number of fused-ring (bicyclic) bond motifs is 1. The van der Waals surface area contributed by atoms with Crippen LogP contribution in [0.2, 0.25) is 0 Å². The minimum Gasteiger partial charge on any atom is -0.351 e. The number of nitrogens with zero attached hydrogens (tertiary/aromatic N) is 3. The highest BCUT2D eigenvalue weighted by atomic mass is 15.2. The third-order valence-corrected chi connectivity index (χ3v) is 3.88. The number of anilines is 1. The highest BCUT2D eigenvalue weighted by Gasteiger charge is 2.27. The van der Waals surface area contributed by atoms with Crippen molar-refractivity contribution in [1.82, 2.24) is 9.97 Å². The topological polar surface area (TPSA) is 55.0 Å². The van der Waals surface area contributed by atoms with Gasteiger partial charge in [-0.1, -0.05) is 12.1 Å². The summed E-state index contributed by atoms with van der Waals surface area (Å²) in [5.74, 6) is 1.01. The standard InChI is InChI=1S/C15H20N4/c1-11-15(19(10-9-16)12-5-4-6-12)18-14-8-3-2-7-13(14)17-11/h2-3,7-8,12H,4-6,9-10,16H2,1H3. The van der Waals surface area contributed by atoms with Gasteiger partial charge >= 0.3 is 0 Å². The van der Waals surface area contributed by atoms with Crippen molar-refractivity contribution in [3.8, 4) is 0 Å². The van der Waals surface area contributed by atoms with Crippen LogP contribution in [0.3, 0.4) is 0 Å². The molecule has 4 nitrogen and oxygen atoms in total. The maximum atomic E-state index is 5.76. The lowest BCUT2D eigenvalue weighted by molar-refractivity contribution is 0.385. The molecular formula is C15H20N4. The van der Waals surface area contributed by atoms with Gasteiger partial charge in [0.25, 0.3) is 0 Å². The van der Waals surface area contributed by atoms with Gasteiger partial charge < -0.3 is 10.6 Å². The first-order chi connectivity index (χ1) is 9.29. The molecule has 0 radical (unpaired) electrons. The van der Waals surface area contributed by atoms with Crippen LogP contribution in [-0.2, 0) is 0 Å². The average Bonchev–Trinajstić information content (AvgIpc) is 2.35. The summed E-state index contributed by atoms with van der Waals surface area (Å²) in [5, 5.41) is 0. The Kier molecular flexibility index (Phi) is 3.34. The second kappa shape index (κ2) is 5.13. The molecule has 0 saturated heterocycles. The molecule has 100 valence electrons. The summed E-state index contributed by atoms with van der Waals surface area (Å²) in [6.45, 7) is 3.56. The fourth-order valence-electron chi connectivity index (χ4n) is 2.65. The predicted molar refractivity (Wildman–Crippen MR) is 78.3 cm³/mol. The highest BCUT2D eigenvalue weighted by molar-refractivity contribution is 5.76. The molecule has 0 aliphatic heterocycles. The Labute approximate surface area is 113 Å². The number of aryl methyl sites for hydroxylation is 1. The van der Waals surface area contributed by atoms with E-state index in [0.29, 0.717) is 12.6 Å². The van der Waals surface area contributed by atoms with Crippen LogP contribution in [0.5, 0.6) is 0 Å². The van der Waals surface area contributed by atoms with Crippen LogP contribution < -0.4 is 10.6 Å². The summed E-state index contributed by atoms with van der Waals surface area (Å²) in [6, 6.07) is 8.63. The molecule has 0 spiro atoms. The maximum absolute atomic E-state index is 5.76. The molecule has 19 heavy (non-hydrogen) atoms. The van der Waals surface area contributed by atoms with E-state index < -0.39 is 0 Å². The van der Waals surface area contributed by atoms with Crippen LogP contribution in [0.4, 0.5) is 5.82 Å². The lowest BCUT2D eigenvalue weighted by Gasteiger charge is -2.38. The zero-order valence-corrected chi connectivity index (χ0v) is 11.3. The molecule has 0 atom stereocenters. The van der Waals surface area contributed by atoms with E-state index in [4.69, 9.17) is 10.7 Å². The fraction of sp³-hybridized carbons (Fsp3) is 0.467. The predicted octanol–water partition coefficient (Wildman–Crippen LogP) is 2.26. The van der Waals surface area contributed by atoms with Crippen LogP contribution in [0.25, 0.3) is 11.0 Å². The number of rotatable bonds is 4. The van der Waals surface area contributed by atoms with E-state index in [0.717, 1.165) is 29.1 Å². The summed E-state index contributed by atoms with van der Waals surface area (Å²) in [7, 11) is 0. The number of para-hydroxylation sites is 2. The lowest BCUT2D eigenvalue weighted by Crippen LogP contribution is -2.44. The molecule has 1 aliphatic rings. The molecule has 4 heteroatoms. The first-order valence-electron chi connectivity index (χ1n) is 6.99. The summed E-state index contributed by atoms with van der Waals surface area (Å²) in [4.78, 5) is 11.8. The van der Waals surface area contributed by atoms with Gasteiger partial charge in [-0.3, -0.25) is 0 Å². The van der Waals surface area contributed by atoms with Crippen molar-refractivity contribution in [2.45, 2.75) is 32.2 Å². The smallest absolute Gasteiger partial charge is 0.151 e. The molecule has 0 amide bonds. The summed E-state index contributed by atoms with van der Waals surface area (Å²) in [5.41, 5.74) is 8.68. The average molecular weight is 256 g/mol. The molecule has 3 rings (SSSR count). The Hall–Kier alpha value is -1.68. The Bertz CT molecular complexity index is 577. The molecule has 2 N–H and O–H groups in total. The normalized spacial score (nSPS) is 15.5. The number of aromatic nitrogens is 2. The largest absolute Gasteiger partial charge is 0.351 e. The van der Waals surface area contributed by atoms with Crippen LogP contribution in [0.1, 0.15) is 25.0 Å². The number of nitrogens with two attached hydrogens (primary N) is 1. The zero-order chi connectivity index (χ0) is 13.2. The third-order valence-electron chi connectivity index (χ3n) is 3.88. The molecule has 0 unspecified atom stereocenters. The van der Waals surface area contributed by atoms with Crippen molar-refractivity contribution in [2.24, 2.45) is 5.73 Å². The van der Waals surface area contributed by atoms with Crippen molar-refractivity contribution >= 4 is 16.9 Å². The van der Waals surface area contributed by atoms with E-state index in [-0.39, 0.29) is 0 Å². The first-order valence-corrected chi connectivity index (χ1v) is 6.99. The van der Waals surface area contributed by atoms with Gasteiger partial charge in [-0.25, -0.2) is 9.97 Å². The van der Waals surface area contributed by atoms with Crippen molar-refractivity contribution in [2.75, 3.05) is 18.0 Å². The number of benzene rings is 1. The third kappa shape index (κ3) is 2.28. The molecule has 1 aromatic carbocycles. The van der Waals surface area contributed by atoms with Crippen molar-refractivity contribution in [3.63, 3.8) is 0 Å². The molecule has 1 heterocycles. The van der Waals surface area contributed by atoms with E-state index in [2.05, 4.69) is 9.88 Å². The van der Waals surface area contributed by atoms with Crippen molar-refractivity contribution in [1.29, 1.82) is 0 Å². The van der Waals surface area contributed by atoms with E-state index in [1.54, 1.807) is 0 Å². The van der Waals surface area contributed by atoms with Gasteiger partial charge in [-0.15, -0.1) is 0 Å². The first kappa shape index (κ1) is 12.4. The van der Waals surface area contributed by atoms with Gasteiger partial charge in [0, 0.05) is 19.1 Å². The lowest BCUT2D eigenvalue weighted by atomic mass is 9.91. The maximum Gasteiger partial charge on any atom is 0.151 e.